The number of likely N-dealkylation sites (N-methyl/N-ethyl adjacent to an activating group) is 1. The van der Waals surface area contributed by atoms with Crippen LogP contribution in [0.2, 0.25) is 0 Å². The number of benzene rings is 1. The van der Waals surface area contributed by atoms with E-state index in [1.807, 2.05) is 0 Å². The molecule has 0 radical (unpaired) electrons. The molecule has 1 aromatic heterocycles. The van der Waals surface area contributed by atoms with E-state index < -0.39 is 15.9 Å². The number of sulfonamides is 1. The van der Waals surface area contributed by atoms with Gasteiger partial charge in [-0.2, -0.15) is 0 Å². The fourth-order valence-electron chi connectivity index (χ4n) is 2.08. The predicted octanol–water partition coefficient (Wildman–Crippen LogP) is 0.749. The third-order valence-electron chi connectivity index (χ3n) is 3.39. The van der Waals surface area contributed by atoms with Gasteiger partial charge >= 0.3 is 0 Å². The van der Waals surface area contributed by atoms with Crippen molar-refractivity contribution in [3.05, 3.63) is 42.2 Å². The molecule has 2 rings (SSSR count). The second-order valence-electron chi connectivity index (χ2n) is 5.58. The summed E-state index contributed by atoms with van der Waals surface area (Å²) in [5.74, 6) is 0.0191. The van der Waals surface area contributed by atoms with Crippen molar-refractivity contribution in [2.24, 2.45) is 0 Å². The minimum Gasteiger partial charge on any atom is -0.360 e. The van der Waals surface area contributed by atoms with Gasteiger partial charge in [-0.15, -0.1) is 0 Å². The van der Waals surface area contributed by atoms with Gasteiger partial charge in [0.05, 0.1) is 11.4 Å². The van der Waals surface area contributed by atoms with Crippen LogP contribution in [0.15, 0.2) is 45.8 Å². The lowest BCUT2D eigenvalue weighted by Crippen LogP contribution is -2.37. The van der Waals surface area contributed by atoms with E-state index in [1.54, 1.807) is 31.2 Å². The van der Waals surface area contributed by atoms with Crippen LogP contribution in [0.4, 0.5) is 5.82 Å². The van der Waals surface area contributed by atoms with Crippen LogP contribution in [0.5, 0.6) is 0 Å². The van der Waals surface area contributed by atoms with E-state index in [1.165, 1.54) is 24.1 Å². The van der Waals surface area contributed by atoms with Gasteiger partial charge in [-0.1, -0.05) is 23.4 Å². The molecule has 0 aliphatic heterocycles. The van der Waals surface area contributed by atoms with Crippen LogP contribution in [-0.2, 0) is 19.6 Å². The number of anilines is 1. The van der Waals surface area contributed by atoms with Crippen molar-refractivity contribution in [2.75, 3.05) is 25.5 Å². The Kier molecular flexibility index (Phi) is 6.47. The lowest BCUT2D eigenvalue weighted by atomic mass is 10.3. The zero-order chi connectivity index (χ0) is 19.2. The summed E-state index contributed by atoms with van der Waals surface area (Å²) in [4.78, 5) is 25.2. The van der Waals surface area contributed by atoms with E-state index in [2.05, 4.69) is 15.2 Å². The largest absolute Gasteiger partial charge is 0.360 e. The molecular weight excluding hydrogens is 360 g/mol. The Morgan fingerprint density at radius 1 is 1.23 bits per heavy atom. The number of carbonyl (C=O) groups is 2. The maximum atomic E-state index is 12.1. The van der Waals surface area contributed by atoms with Crippen LogP contribution in [0.3, 0.4) is 0 Å². The van der Waals surface area contributed by atoms with Gasteiger partial charge in [0.15, 0.2) is 5.82 Å². The fourth-order valence-corrected chi connectivity index (χ4v) is 3.13. The highest BCUT2D eigenvalue weighted by Gasteiger charge is 2.17. The van der Waals surface area contributed by atoms with Gasteiger partial charge in [0.1, 0.15) is 5.76 Å². The maximum Gasteiger partial charge on any atom is 0.245 e. The molecular formula is C16H20N4O5S. The lowest BCUT2D eigenvalue weighted by molar-refractivity contribution is -0.133. The number of amides is 2. The quantitative estimate of drug-likeness (QED) is 0.697. The second kappa shape index (κ2) is 8.59. The molecule has 0 bridgehead atoms. The lowest BCUT2D eigenvalue weighted by Gasteiger charge is -2.16. The number of nitrogens with zero attached hydrogens (tertiary/aromatic N) is 2. The topological polar surface area (TPSA) is 122 Å². The molecule has 0 spiro atoms. The summed E-state index contributed by atoms with van der Waals surface area (Å²) < 4.78 is 31.3. The smallest absolute Gasteiger partial charge is 0.245 e. The SMILES string of the molecule is Cc1cc(NC(=O)CN(C)C(=O)CCNS(=O)(=O)c2ccccc2)no1. The number of hydrogen-bond acceptors (Lipinski definition) is 6. The van der Waals surface area contributed by atoms with Crippen LogP contribution < -0.4 is 10.0 Å². The van der Waals surface area contributed by atoms with Crippen molar-refractivity contribution in [1.82, 2.24) is 14.8 Å². The van der Waals surface area contributed by atoms with E-state index in [0.29, 0.717) is 5.76 Å². The van der Waals surface area contributed by atoms with Crippen LogP contribution in [-0.4, -0.2) is 50.4 Å². The van der Waals surface area contributed by atoms with Gasteiger partial charge in [0.2, 0.25) is 21.8 Å². The zero-order valence-corrected chi connectivity index (χ0v) is 15.2. The number of aromatic nitrogens is 1. The highest BCUT2D eigenvalue weighted by atomic mass is 32.2. The predicted molar refractivity (Wildman–Crippen MR) is 93.8 cm³/mol. The Labute approximate surface area is 151 Å². The normalized spacial score (nSPS) is 11.2. The van der Waals surface area contributed by atoms with Crippen molar-refractivity contribution in [3.8, 4) is 0 Å². The molecule has 0 aliphatic carbocycles. The van der Waals surface area contributed by atoms with Gasteiger partial charge in [-0.3, -0.25) is 9.59 Å². The molecule has 0 saturated carbocycles. The average Bonchev–Trinajstić information content (AvgIpc) is 3.00. The van der Waals surface area contributed by atoms with Gasteiger partial charge in [0.25, 0.3) is 0 Å². The summed E-state index contributed by atoms with van der Waals surface area (Å²) in [6.07, 6.45) is -0.0705. The van der Waals surface area contributed by atoms with Gasteiger partial charge in [0, 0.05) is 26.1 Å². The summed E-state index contributed by atoms with van der Waals surface area (Å²) in [5, 5.41) is 6.13. The Hall–Kier alpha value is -2.72. The molecule has 140 valence electrons. The standard InChI is InChI=1S/C16H20N4O5S/c1-12-10-14(19-25-12)18-15(21)11-20(2)16(22)8-9-17-26(23,24)13-6-4-3-5-7-13/h3-7,10,17H,8-9,11H2,1-2H3,(H,18,19,21). The first-order valence-electron chi connectivity index (χ1n) is 7.80. The molecule has 2 aromatic rings. The highest BCUT2D eigenvalue weighted by Crippen LogP contribution is 2.08. The fraction of sp³-hybridized carbons (Fsp3) is 0.312. The third-order valence-corrected chi connectivity index (χ3v) is 4.86. The number of carbonyl (C=O) groups excluding carboxylic acids is 2. The summed E-state index contributed by atoms with van der Waals surface area (Å²) in [6.45, 7) is 1.44. The first-order chi connectivity index (χ1) is 12.3. The van der Waals surface area contributed by atoms with E-state index >= 15 is 0 Å². The minimum atomic E-state index is -3.66. The molecule has 0 atom stereocenters. The van der Waals surface area contributed by atoms with Crippen molar-refractivity contribution in [2.45, 2.75) is 18.2 Å². The van der Waals surface area contributed by atoms with Crippen LogP contribution in [0, 0.1) is 6.92 Å². The molecule has 2 N–H and O–H groups in total. The van der Waals surface area contributed by atoms with Crippen molar-refractivity contribution in [1.29, 1.82) is 0 Å². The molecule has 1 heterocycles. The van der Waals surface area contributed by atoms with Crippen molar-refractivity contribution in [3.63, 3.8) is 0 Å². The third kappa shape index (κ3) is 5.67. The van der Waals surface area contributed by atoms with Gasteiger partial charge < -0.3 is 14.7 Å². The Bertz CT molecular complexity index is 864. The Morgan fingerprint density at radius 3 is 2.54 bits per heavy atom. The van der Waals surface area contributed by atoms with Gasteiger partial charge in [-0.25, -0.2) is 13.1 Å². The number of hydrogen-bond donors (Lipinski definition) is 2. The van der Waals surface area contributed by atoms with Crippen LogP contribution in [0.25, 0.3) is 0 Å². The summed E-state index contributed by atoms with van der Waals surface area (Å²) in [7, 11) is -2.20. The van der Waals surface area contributed by atoms with Gasteiger partial charge in [-0.05, 0) is 19.1 Å². The molecule has 26 heavy (non-hydrogen) atoms. The molecule has 10 heteroatoms. The molecule has 0 fully saturated rings. The van der Waals surface area contributed by atoms with E-state index in [9.17, 15) is 18.0 Å². The summed E-state index contributed by atoms with van der Waals surface area (Å²) in [6, 6.07) is 9.42. The van der Waals surface area contributed by atoms with E-state index in [-0.39, 0.29) is 36.1 Å². The highest BCUT2D eigenvalue weighted by molar-refractivity contribution is 7.89. The monoisotopic (exact) mass is 380 g/mol. The first kappa shape index (κ1) is 19.6. The van der Waals surface area contributed by atoms with Crippen LogP contribution >= 0.6 is 0 Å². The molecule has 1 aromatic carbocycles. The van der Waals surface area contributed by atoms with E-state index in [4.69, 9.17) is 4.52 Å². The number of rotatable bonds is 8. The molecule has 0 saturated heterocycles. The Balaban J connectivity index is 1.77. The average molecular weight is 380 g/mol. The summed E-state index contributed by atoms with van der Waals surface area (Å²) >= 11 is 0. The second-order valence-corrected chi connectivity index (χ2v) is 7.35. The first-order valence-corrected chi connectivity index (χ1v) is 9.28. The minimum absolute atomic E-state index is 0.0650. The number of aryl methyl sites for hydroxylation is 1. The van der Waals surface area contributed by atoms with E-state index in [0.717, 1.165) is 0 Å². The number of nitrogens with one attached hydrogen (secondary N) is 2. The van der Waals surface area contributed by atoms with Crippen molar-refractivity contribution < 1.29 is 22.5 Å². The maximum absolute atomic E-state index is 12.1. The Morgan fingerprint density at radius 2 is 1.92 bits per heavy atom. The summed E-state index contributed by atoms with van der Waals surface area (Å²) in [5.41, 5.74) is 0. The molecule has 9 nitrogen and oxygen atoms in total. The molecule has 2 amide bonds. The van der Waals surface area contributed by atoms with Crippen LogP contribution in [0.1, 0.15) is 12.2 Å². The molecule has 0 aliphatic rings. The molecule has 0 unspecified atom stereocenters. The van der Waals surface area contributed by atoms with Crippen molar-refractivity contribution >= 4 is 27.7 Å². The zero-order valence-electron chi connectivity index (χ0n) is 14.4.